The van der Waals surface area contributed by atoms with Gasteiger partial charge < -0.3 is 20.6 Å². The molecule has 0 spiro atoms. The van der Waals surface area contributed by atoms with Crippen LogP contribution in [0.3, 0.4) is 0 Å². The van der Waals surface area contributed by atoms with Crippen molar-refractivity contribution in [1.82, 2.24) is 15.5 Å². The fourth-order valence-electron chi connectivity index (χ4n) is 1.91. The standard InChI is InChI=1S/C13H26N4O2.HI/c1-4-14-13(17-8-5-11(18)9-17)16-7-6-15-12(19)10(2)3;/h10-11,18H,4-9H2,1-3H3,(H,14,16)(H,15,19);1H/t11-;/m1./s1. The van der Waals surface area contributed by atoms with Crippen LogP contribution in [0.1, 0.15) is 27.2 Å². The number of rotatable bonds is 5. The lowest BCUT2D eigenvalue weighted by Gasteiger charge is -2.21. The van der Waals surface area contributed by atoms with E-state index in [9.17, 15) is 9.90 Å². The Hall–Kier alpha value is -0.570. The predicted molar refractivity (Wildman–Crippen MR) is 91.4 cm³/mol. The topological polar surface area (TPSA) is 77.0 Å². The van der Waals surface area contributed by atoms with Crippen molar-refractivity contribution in [2.75, 3.05) is 32.7 Å². The van der Waals surface area contributed by atoms with Crippen molar-refractivity contribution < 1.29 is 9.90 Å². The number of β-amino-alcohol motifs (C(OH)–C–C–N with tert-alkyl or cyclic N) is 1. The minimum absolute atomic E-state index is 0. The molecule has 0 radical (unpaired) electrons. The summed E-state index contributed by atoms with van der Waals surface area (Å²) in [6.07, 6.45) is 0.526. The average Bonchev–Trinajstić information content (AvgIpc) is 2.79. The molecule has 6 nitrogen and oxygen atoms in total. The van der Waals surface area contributed by atoms with Crippen LogP contribution in [-0.2, 0) is 4.79 Å². The SMILES string of the molecule is CCNC(=NCCNC(=O)C(C)C)N1CC[C@@H](O)C1.I. The van der Waals surface area contributed by atoms with E-state index in [0.717, 1.165) is 25.5 Å². The number of aliphatic imine (C=N–C) groups is 1. The molecule has 1 saturated heterocycles. The van der Waals surface area contributed by atoms with Gasteiger partial charge in [-0.25, -0.2) is 0 Å². The van der Waals surface area contributed by atoms with Gasteiger partial charge in [0, 0.05) is 32.1 Å². The Balaban J connectivity index is 0.00000361. The predicted octanol–water partition coefficient (Wildman–Crippen LogP) is 0.409. The monoisotopic (exact) mass is 398 g/mol. The van der Waals surface area contributed by atoms with Crippen molar-refractivity contribution in [2.45, 2.75) is 33.3 Å². The van der Waals surface area contributed by atoms with Gasteiger partial charge in [0.25, 0.3) is 0 Å². The first-order valence-electron chi connectivity index (χ1n) is 7.03. The first-order valence-corrected chi connectivity index (χ1v) is 7.03. The number of halogens is 1. The lowest BCUT2D eigenvalue weighted by atomic mass is 10.2. The van der Waals surface area contributed by atoms with Crippen LogP contribution in [0.4, 0.5) is 0 Å². The minimum Gasteiger partial charge on any atom is -0.391 e. The Morgan fingerprint density at radius 2 is 2.15 bits per heavy atom. The molecule has 0 aromatic carbocycles. The molecule has 0 aromatic heterocycles. The summed E-state index contributed by atoms with van der Waals surface area (Å²) in [7, 11) is 0. The fourth-order valence-corrected chi connectivity index (χ4v) is 1.91. The molecule has 118 valence electrons. The number of nitrogens with one attached hydrogen (secondary N) is 2. The van der Waals surface area contributed by atoms with E-state index in [2.05, 4.69) is 20.5 Å². The zero-order valence-corrected chi connectivity index (χ0v) is 14.9. The maximum Gasteiger partial charge on any atom is 0.222 e. The number of nitrogens with zero attached hydrogens (tertiary/aromatic N) is 2. The smallest absolute Gasteiger partial charge is 0.222 e. The van der Waals surface area contributed by atoms with Crippen LogP contribution in [0.15, 0.2) is 4.99 Å². The van der Waals surface area contributed by atoms with E-state index in [1.165, 1.54) is 0 Å². The van der Waals surface area contributed by atoms with Crippen molar-refractivity contribution >= 4 is 35.8 Å². The molecule has 20 heavy (non-hydrogen) atoms. The van der Waals surface area contributed by atoms with E-state index < -0.39 is 0 Å². The molecule has 1 fully saturated rings. The summed E-state index contributed by atoms with van der Waals surface area (Å²) in [5.41, 5.74) is 0. The summed E-state index contributed by atoms with van der Waals surface area (Å²) in [5, 5.41) is 15.6. The number of likely N-dealkylation sites (tertiary alicyclic amines) is 1. The van der Waals surface area contributed by atoms with E-state index in [4.69, 9.17) is 0 Å². The second kappa shape index (κ2) is 10.2. The first-order chi connectivity index (χ1) is 9.04. The molecule has 0 aliphatic carbocycles. The molecule has 7 heteroatoms. The zero-order valence-electron chi connectivity index (χ0n) is 12.6. The van der Waals surface area contributed by atoms with Gasteiger partial charge in [-0.1, -0.05) is 13.8 Å². The lowest BCUT2D eigenvalue weighted by molar-refractivity contribution is -0.123. The normalized spacial score (nSPS) is 18.9. The number of aliphatic hydroxyl groups excluding tert-OH is 1. The van der Waals surface area contributed by atoms with Gasteiger partial charge in [0.1, 0.15) is 0 Å². The van der Waals surface area contributed by atoms with Gasteiger partial charge in [0.15, 0.2) is 5.96 Å². The van der Waals surface area contributed by atoms with Crippen LogP contribution in [0, 0.1) is 5.92 Å². The number of aliphatic hydroxyl groups is 1. The molecule has 0 aromatic rings. The number of hydrogen-bond donors (Lipinski definition) is 3. The highest BCUT2D eigenvalue weighted by Gasteiger charge is 2.22. The quantitative estimate of drug-likeness (QED) is 0.271. The fraction of sp³-hybridized carbons (Fsp3) is 0.846. The van der Waals surface area contributed by atoms with Crippen LogP contribution in [0.5, 0.6) is 0 Å². The van der Waals surface area contributed by atoms with Crippen LogP contribution in [0.25, 0.3) is 0 Å². The Kier molecular flexibility index (Phi) is 9.91. The molecule has 0 unspecified atom stereocenters. The van der Waals surface area contributed by atoms with Crippen molar-refractivity contribution in [3.8, 4) is 0 Å². The number of hydrogen-bond acceptors (Lipinski definition) is 3. The molecular formula is C13H27IN4O2. The summed E-state index contributed by atoms with van der Waals surface area (Å²) in [6.45, 7) is 9.10. The number of carbonyl (C=O) groups excluding carboxylic acids is 1. The van der Waals surface area contributed by atoms with Crippen LogP contribution in [-0.4, -0.2) is 60.7 Å². The highest BCUT2D eigenvalue weighted by atomic mass is 127. The molecular weight excluding hydrogens is 371 g/mol. The Bertz CT molecular complexity index is 323. The maximum absolute atomic E-state index is 11.4. The van der Waals surface area contributed by atoms with Crippen LogP contribution in [0.2, 0.25) is 0 Å². The Morgan fingerprint density at radius 3 is 2.65 bits per heavy atom. The summed E-state index contributed by atoms with van der Waals surface area (Å²) >= 11 is 0. The van der Waals surface area contributed by atoms with E-state index in [0.29, 0.717) is 19.6 Å². The molecule has 1 amide bonds. The van der Waals surface area contributed by atoms with Gasteiger partial charge >= 0.3 is 0 Å². The number of carbonyl (C=O) groups is 1. The van der Waals surface area contributed by atoms with Gasteiger partial charge in [-0.05, 0) is 13.3 Å². The van der Waals surface area contributed by atoms with Gasteiger partial charge in [-0.2, -0.15) is 0 Å². The highest BCUT2D eigenvalue weighted by Crippen LogP contribution is 2.08. The second-order valence-corrected chi connectivity index (χ2v) is 5.07. The van der Waals surface area contributed by atoms with Crippen LogP contribution < -0.4 is 10.6 Å². The van der Waals surface area contributed by atoms with Crippen molar-refractivity contribution in [1.29, 1.82) is 0 Å². The number of guanidine groups is 1. The molecule has 3 N–H and O–H groups in total. The summed E-state index contributed by atoms with van der Waals surface area (Å²) < 4.78 is 0. The molecule has 0 bridgehead atoms. The molecule has 1 aliphatic rings. The van der Waals surface area contributed by atoms with Crippen molar-refractivity contribution in [2.24, 2.45) is 10.9 Å². The van der Waals surface area contributed by atoms with E-state index in [1.54, 1.807) is 0 Å². The third-order valence-electron chi connectivity index (χ3n) is 2.99. The van der Waals surface area contributed by atoms with Gasteiger partial charge in [-0.3, -0.25) is 9.79 Å². The highest BCUT2D eigenvalue weighted by molar-refractivity contribution is 14.0. The summed E-state index contributed by atoms with van der Waals surface area (Å²) in [6, 6.07) is 0. The minimum atomic E-state index is -0.260. The van der Waals surface area contributed by atoms with Crippen molar-refractivity contribution in [3.05, 3.63) is 0 Å². The summed E-state index contributed by atoms with van der Waals surface area (Å²) in [4.78, 5) is 17.9. The van der Waals surface area contributed by atoms with Gasteiger partial charge in [-0.15, -0.1) is 24.0 Å². The Labute approximate surface area is 138 Å². The third-order valence-corrected chi connectivity index (χ3v) is 2.99. The van der Waals surface area contributed by atoms with E-state index in [-0.39, 0.29) is 41.9 Å². The largest absolute Gasteiger partial charge is 0.391 e. The van der Waals surface area contributed by atoms with E-state index >= 15 is 0 Å². The average molecular weight is 398 g/mol. The van der Waals surface area contributed by atoms with E-state index in [1.807, 2.05) is 20.8 Å². The third kappa shape index (κ3) is 6.74. The van der Waals surface area contributed by atoms with Gasteiger partial charge in [0.2, 0.25) is 5.91 Å². The zero-order chi connectivity index (χ0) is 14.3. The summed E-state index contributed by atoms with van der Waals surface area (Å²) in [5.74, 6) is 0.876. The molecule has 1 aliphatic heterocycles. The first kappa shape index (κ1) is 19.4. The maximum atomic E-state index is 11.4. The second-order valence-electron chi connectivity index (χ2n) is 5.07. The molecule has 0 saturated carbocycles. The lowest BCUT2D eigenvalue weighted by Crippen LogP contribution is -2.41. The molecule has 1 heterocycles. The Morgan fingerprint density at radius 1 is 1.45 bits per heavy atom. The molecule has 1 atom stereocenters. The van der Waals surface area contributed by atoms with Crippen LogP contribution >= 0.6 is 24.0 Å². The number of amides is 1. The van der Waals surface area contributed by atoms with Gasteiger partial charge in [0.05, 0.1) is 12.6 Å². The molecule has 1 rings (SSSR count). The van der Waals surface area contributed by atoms with Crippen molar-refractivity contribution in [3.63, 3.8) is 0 Å².